The third kappa shape index (κ3) is 4.65. The highest BCUT2D eigenvalue weighted by molar-refractivity contribution is 5.94. The molecule has 1 amide bonds. The van der Waals surface area contributed by atoms with Crippen molar-refractivity contribution < 1.29 is 18.8 Å². The van der Waals surface area contributed by atoms with Crippen LogP contribution in [0.2, 0.25) is 0 Å². The maximum atomic E-state index is 13.8. The Bertz CT molecular complexity index is 715. The minimum Gasteiger partial charge on any atom is -0.370 e. The first kappa shape index (κ1) is 17.6. The van der Waals surface area contributed by atoms with Gasteiger partial charge in [-0.3, -0.25) is 4.79 Å². The highest BCUT2D eigenvalue weighted by Crippen LogP contribution is 2.14. The van der Waals surface area contributed by atoms with Crippen LogP contribution in [0.15, 0.2) is 48.5 Å². The first-order valence-electron chi connectivity index (χ1n) is 8.67. The van der Waals surface area contributed by atoms with Gasteiger partial charge in [-0.1, -0.05) is 36.4 Å². The molecule has 3 rings (SSSR count). The van der Waals surface area contributed by atoms with E-state index in [1.54, 1.807) is 19.1 Å². The molecule has 0 aliphatic carbocycles. The molecule has 0 bridgehead atoms. The van der Waals surface area contributed by atoms with E-state index in [4.69, 9.17) is 4.74 Å². The summed E-state index contributed by atoms with van der Waals surface area (Å²) >= 11 is 0. The van der Waals surface area contributed by atoms with Gasteiger partial charge in [-0.2, -0.15) is 0 Å². The van der Waals surface area contributed by atoms with Gasteiger partial charge in [0.05, 0.1) is 13.2 Å². The fourth-order valence-electron chi connectivity index (χ4n) is 3.07. The Labute approximate surface area is 147 Å². The molecule has 1 fully saturated rings. The number of amides is 1. The molecule has 4 nitrogen and oxygen atoms in total. The van der Waals surface area contributed by atoms with Gasteiger partial charge in [-0.05, 0) is 30.2 Å². The van der Waals surface area contributed by atoms with Crippen molar-refractivity contribution in [3.8, 4) is 0 Å². The molecule has 0 unspecified atom stereocenters. The Morgan fingerprint density at radius 2 is 1.92 bits per heavy atom. The molecular formula is C20H24FN2O2+. The molecule has 2 N–H and O–H groups in total. The van der Waals surface area contributed by atoms with Gasteiger partial charge >= 0.3 is 0 Å². The fourth-order valence-corrected chi connectivity index (χ4v) is 3.07. The van der Waals surface area contributed by atoms with Crippen molar-refractivity contribution in [2.24, 2.45) is 0 Å². The van der Waals surface area contributed by atoms with Crippen LogP contribution in [-0.4, -0.2) is 38.8 Å². The highest BCUT2D eigenvalue weighted by atomic mass is 19.1. The van der Waals surface area contributed by atoms with Crippen LogP contribution in [0.1, 0.15) is 27.5 Å². The number of carbonyl (C=O) groups excluding carboxylic acids is 1. The monoisotopic (exact) mass is 343 g/mol. The molecule has 132 valence electrons. The largest absolute Gasteiger partial charge is 0.370 e. The minimum atomic E-state index is -0.359. The lowest BCUT2D eigenvalue weighted by Crippen LogP contribution is -3.14. The average Bonchev–Trinajstić information content (AvgIpc) is 2.65. The van der Waals surface area contributed by atoms with Gasteiger partial charge in [0.1, 0.15) is 31.5 Å². The van der Waals surface area contributed by atoms with Gasteiger partial charge in [-0.15, -0.1) is 0 Å². The van der Waals surface area contributed by atoms with Crippen molar-refractivity contribution in [1.29, 1.82) is 0 Å². The highest BCUT2D eigenvalue weighted by Gasteiger charge is 2.23. The Kier molecular flexibility index (Phi) is 5.79. The zero-order valence-corrected chi connectivity index (χ0v) is 14.4. The maximum Gasteiger partial charge on any atom is 0.252 e. The molecule has 5 heteroatoms. The van der Waals surface area contributed by atoms with E-state index in [-0.39, 0.29) is 17.8 Å². The van der Waals surface area contributed by atoms with E-state index < -0.39 is 0 Å². The first-order valence-corrected chi connectivity index (χ1v) is 8.67. The summed E-state index contributed by atoms with van der Waals surface area (Å²) in [5.74, 6) is -0.608. The van der Waals surface area contributed by atoms with Crippen LogP contribution in [-0.2, 0) is 4.74 Å². The summed E-state index contributed by atoms with van der Waals surface area (Å²) in [5.41, 5.74) is 1.94. The number of hydrogen-bond donors (Lipinski definition) is 2. The summed E-state index contributed by atoms with van der Waals surface area (Å²) in [6.45, 7) is 5.82. The summed E-state index contributed by atoms with van der Waals surface area (Å²) in [6.07, 6.45) is 0. The molecule has 1 aliphatic heterocycles. The van der Waals surface area contributed by atoms with Crippen molar-refractivity contribution >= 4 is 5.91 Å². The van der Waals surface area contributed by atoms with Crippen LogP contribution in [0.4, 0.5) is 4.39 Å². The summed E-state index contributed by atoms with van der Waals surface area (Å²) in [5, 5.41) is 3.08. The topological polar surface area (TPSA) is 42.8 Å². The number of hydrogen-bond acceptors (Lipinski definition) is 2. The number of benzene rings is 2. The minimum absolute atomic E-state index is 0.119. The number of morpholine rings is 1. The Balaban J connectivity index is 1.76. The predicted molar refractivity (Wildman–Crippen MR) is 94.2 cm³/mol. The normalized spacial score (nSPS) is 16.4. The molecule has 1 heterocycles. The Hall–Kier alpha value is -2.24. The second kappa shape index (κ2) is 8.23. The average molecular weight is 343 g/mol. The van der Waals surface area contributed by atoms with E-state index >= 15 is 0 Å². The van der Waals surface area contributed by atoms with Gasteiger partial charge in [0, 0.05) is 5.56 Å². The van der Waals surface area contributed by atoms with Gasteiger partial charge < -0.3 is 15.0 Å². The van der Waals surface area contributed by atoms with Gasteiger partial charge in [-0.25, -0.2) is 4.39 Å². The molecule has 0 saturated carbocycles. The van der Waals surface area contributed by atoms with Crippen LogP contribution in [0, 0.1) is 12.7 Å². The quantitative estimate of drug-likeness (QED) is 0.864. The van der Waals surface area contributed by atoms with Crippen LogP contribution < -0.4 is 10.2 Å². The molecular weight excluding hydrogens is 319 g/mol. The summed E-state index contributed by atoms with van der Waals surface area (Å²) in [4.78, 5) is 14.0. The molecule has 1 aliphatic rings. The summed E-state index contributed by atoms with van der Waals surface area (Å²) in [6, 6.07) is 14.4. The maximum absolute atomic E-state index is 13.8. The predicted octanol–water partition coefficient (Wildman–Crippen LogP) is 1.52. The molecule has 25 heavy (non-hydrogen) atoms. The number of quaternary nitrogens is 1. The molecule has 0 spiro atoms. The molecule has 1 atom stereocenters. The third-order valence-electron chi connectivity index (χ3n) is 4.63. The molecule has 1 saturated heterocycles. The Morgan fingerprint density at radius 3 is 2.60 bits per heavy atom. The van der Waals surface area contributed by atoms with Crippen molar-refractivity contribution in [1.82, 2.24) is 5.32 Å². The molecule has 0 radical (unpaired) electrons. The van der Waals surface area contributed by atoms with Crippen LogP contribution in [0.5, 0.6) is 0 Å². The van der Waals surface area contributed by atoms with E-state index in [9.17, 15) is 9.18 Å². The van der Waals surface area contributed by atoms with Gasteiger partial charge in [0.15, 0.2) is 0 Å². The molecule has 2 aromatic carbocycles. The number of aryl methyl sites for hydroxylation is 1. The number of ether oxygens (including phenoxy) is 1. The van der Waals surface area contributed by atoms with Crippen molar-refractivity contribution in [3.05, 3.63) is 71.0 Å². The van der Waals surface area contributed by atoms with Gasteiger partial charge in [0.2, 0.25) is 0 Å². The second-order valence-electron chi connectivity index (χ2n) is 6.47. The van der Waals surface area contributed by atoms with E-state index in [1.165, 1.54) is 11.0 Å². The SMILES string of the molecule is Cc1ccc(C(=O)N[C@H](C[NH+]2CCOCC2)c2ccccc2)cc1F. The van der Waals surface area contributed by atoms with Crippen molar-refractivity contribution in [3.63, 3.8) is 0 Å². The molecule has 0 aromatic heterocycles. The second-order valence-corrected chi connectivity index (χ2v) is 6.47. The standard InChI is InChI=1S/C20H23FN2O2/c1-15-7-8-17(13-18(15)21)20(24)22-19(16-5-3-2-4-6-16)14-23-9-11-25-12-10-23/h2-8,13,19H,9-12,14H2,1H3,(H,22,24)/p+1/t19-/m1/s1. The number of carbonyl (C=O) groups is 1. The van der Waals surface area contributed by atoms with Crippen LogP contribution >= 0.6 is 0 Å². The lowest BCUT2D eigenvalue weighted by atomic mass is 10.0. The fraction of sp³-hybridized carbons (Fsp3) is 0.350. The number of nitrogens with one attached hydrogen (secondary N) is 2. The number of rotatable bonds is 5. The van der Waals surface area contributed by atoms with E-state index in [0.29, 0.717) is 11.1 Å². The third-order valence-corrected chi connectivity index (χ3v) is 4.63. The lowest BCUT2D eigenvalue weighted by molar-refractivity contribution is -0.909. The summed E-state index contributed by atoms with van der Waals surface area (Å²) < 4.78 is 19.2. The summed E-state index contributed by atoms with van der Waals surface area (Å²) in [7, 11) is 0. The number of halogens is 1. The zero-order chi connectivity index (χ0) is 17.6. The van der Waals surface area contributed by atoms with Crippen molar-refractivity contribution in [2.45, 2.75) is 13.0 Å². The van der Waals surface area contributed by atoms with Gasteiger partial charge in [0.25, 0.3) is 5.91 Å². The molecule has 2 aromatic rings. The van der Waals surface area contributed by atoms with Crippen molar-refractivity contribution in [2.75, 3.05) is 32.8 Å². The first-order chi connectivity index (χ1) is 12.1. The van der Waals surface area contributed by atoms with E-state index in [1.807, 2.05) is 30.3 Å². The lowest BCUT2D eigenvalue weighted by Gasteiger charge is -2.28. The smallest absolute Gasteiger partial charge is 0.252 e. The van der Waals surface area contributed by atoms with E-state index in [2.05, 4.69) is 5.32 Å². The zero-order valence-electron chi connectivity index (χ0n) is 14.4. The Morgan fingerprint density at radius 1 is 1.20 bits per heavy atom. The van der Waals surface area contributed by atoms with E-state index in [0.717, 1.165) is 38.4 Å². The van der Waals surface area contributed by atoms with Crippen LogP contribution in [0.25, 0.3) is 0 Å². The van der Waals surface area contributed by atoms with Crippen LogP contribution in [0.3, 0.4) is 0 Å².